The first-order chi connectivity index (χ1) is 11.8. The second-order valence-corrected chi connectivity index (χ2v) is 6.72. The first-order valence-electron chi connectivity index (χ1n) is 7.28. The lowest BCUT2D eigenvalue weighted by Gasteiger charge is -2.29. The summed E-state index contributed by atoms with van der Waals surface area (Å²) in [7, 11) is 1.86. The summed E-state index contributed by atoms with van der Waals surface area (Å²) in [6, 6.07) is 8.43. The highest BCUT2D eigenvalue weighted by molar-refractivity contribution is 7.80. The Balaban J connectivity index is 2.05. The molecule has 1 saturated heterocycles. The number of aromatic nitrogens is 1. The molecule has 25 heavy (non-hydrogen) atoms. The minimum Gasteiger partial charge on any atom is -0.348 e. The number of carbonyl (C=O) groups excluding carboxylic acids is 2. The van der Waals surface area contributed by atoms with Gasteiger partial charge in [0.25, 0.3) is 11.8 Å². The first-order valence-corrected chi connectivity index (χ1v) is 8.45. The molecular formula is C17H13Cl2N3O2S. The summed E-state index contributed by atoms with van der Waals surface area (Å²) in [6.07, 6.45) is 1.54. The lowest BCUT2D eigenvalue weighted by Crippen LogP contribution is -2.54. The van der Waals surface area contributed by atoms with Gasteiger partial charge < -0.3 is 4.57 Å². The minimum atomic E-state index is -0.537. The van der Waals surface area contributed by atoms with E-state index in [1.54, 1.807) is 12.1 Å². The van der Waals surface area contributed by atoms with Crippen molar-refractivity contribution in [1.82, 2.24) is 9.88 Å². The van der Waals surface area contributed by atoms with Gasteiger partial charge in [0.1, 0.15) is 5.57 Å². The third-order valence-corrected chi connectivity index (χ3v) is 4.99. The number of amides is 2. The number of hydrogen-bond acceptors (Lipinski definition) is 3. The van der Waals surface area contributed by atoms with Crippen LogP contribution in [-0.2, 0) is 16.6 Å². The molecule has 0 saturated carbocycles. The van der Waals surface area contributed by atoms with Gasteiger partial charge in [-0.3, -0.25) is 19.8 Å². The van der Waals surface area contributed by atoms with E-state index in [9.17, 15) is 9.59 Å². The van der Waals surface area contributed by atoms with E-state index in [1.807, 2.05) is 30.7 Å². The van der Waals surface area contributed by atoms with E-state index in [2.05, 4.69) is 5.32 Å². The van der Waals surface area contributed by atoms with Crippen LogP contribution in [0.1, 0.15) is 11.4 Å². The van der Waals surface area contributed by atoms with Gasteiger partial charge in [-0.25, -0.2) is 0 Å². The second kappa shape index (κ2) is 6.63. The molecule has 5 nitrogen and oxygen atoms in total. The highest BCUT2D eigenvalue weighted by Crippen LogP contribution is 2.29. The van der Waals surface area contributed by atoms with Crippen molar-refractivity contribution in [2.24, 2.45) is 7.05 Å². The Morgan fingerprint density at radius 1 is 1.12 bits per heavy atom. The number of rotatable bonds is 2. The van der Waals surface area contributed by atoms with Gasteiger partial charge in [-0.1, -0.05) is 23.2 Å². The molecule has 1 fully saturated rings. The molecule has 0 atom stereocenters. The summed E-state index contributed by atoms with van der Waals surface area (Å²) in [4.78, 5) is 26.4. The smallest absolute Gasteiger partial charge is 0.270 e. The average molecular weight is 394 g/mol. The van der Waals surface area contributed by atoms with Crippen LogP contribution in [-0.4, -0.2) is 21.5 Å². The maximum absolute atomic E-state index is 12.9. The zero-order chi connectivity index (χ0) is 18.3. The third-order valence-electron chi connectivity index (χ3n) is 3.97. The van der Waals surface area contributed by atoms with Gasteiger partial charge in [0.2, 0.25) is 0 Å². The third kappa shape index (κ3) is 3.20. The number of hydrogen-bond donors (Lipinski definition) is 1. The topological polar surface area (TPSA) is 54.3 Å². The van der Waals surface area contributed by atoms with Crippen molar-refractivity contribution in [2.45, 2.75) is 6.92 Å². The lowest BCUT2D eigenvalue weighted by molar-refractivity contribution is -0.122. The summed E-state index contributed by atoms with van der Waals surface area (Å²) >= 11 is 17.1. The number of benzene rings is 1. The fourth-order valence-electron chi connectivity index (χ4n) is 2.44. The van der Waals surface area contributed by atoms with Gasteiger partial charge in [-0.15, -0.1) is 0 Å². The zero-order valence-electron chi connectivity index (χ0n) is 13.3. The Kier molecular flexibility index (Phi) is 4.69. The average Bonchev–Trinajstić information content (AvgIpc) is 2.86. The monoisotopic (exact) mass is 393 g/mol. The Bertz CT molecular complexity index is 949. The van der Waals surface area contributed by atoms with Crippen LogP contribution in [0.2, 0.25) is 10.0 Å². The second-order valence-electron chi connectivity index (χ2n) is 5.51. The maximum Gasteiger partial charge on any atom is 0.270 e. The molecule has 0 aliphatic carbocycles. The number of thiocarbonyl (C=S) groups is 1. The maximum atomic E-state index is 12.9. The van der Waals surface area contributed by atoms with Crippen molar-refractivity contribution in [3.05, 3.63) is 57.3 Å². The number of halogens is 2. The summed E-state index contributed by atoms with van der Waals surface area (Å²) < 4.78 is 1.88. The standard InChI is InChI=1S/C17H13Cl2N3O2S/c1-9-3-4-10(21(9)2)7-12-15(23)20-17(25)22(16(12)24)11-5-6-13(18)14(19)8-11/h3-8H,1-2H3,(H,20,23,25)/b12-7+. The van der Waals surface area contributed by atoms with E-state index in [1.165, 1.54) is 17.0 Å². The molecule has 1 aromatic heterocycles. The highest BCUT2D eigenvalue weighted by Gasteiger charge is 2.34. The van der Waals surface area contributed by atoms with Crippen molar-refractivity contribution in [3.8, 4) is 0 Å². The van der Waals surface area contributed by atoms with E-state index >= 15 is 0 Å². The lowest BCUT2D eigenvalue weighted by atomic mass is 10.1. The normalized spacial score (nSPS) is 16.6. The highest BCUT2D eigenvalue weighted by atomic mass is 35.5. The number of carbonyl (C=O) groups is 2. The Morgan fingerprint density at radius 2 is 1.84 bits per heavy atom. The van der Waals surface area contributed by atoms with E-state index in [0.29, 0.717) is 10.7 Å². The van der Waals surface area contributed by atoms with Crippen LogP contribution >= 0.6 is 35.4 Å². The molecule has 2 aromatic rings. The Morgan fingerprint density at radius 3 is 2.44 bits per heavy atom. The van der Waals surface area contributed by atoms with Crippen LogP contribution in [0.25, 0.3) is 6.08 Å². The molecule has 8 heteroatoms. The summed E-state index contributed by atoms with van der Waals surface area (Å²) in [5.41, 5.74) is 2.16. The summed E-state index contributed by atoms with van der Waals surface area (Å²) in [5.74, 6) is -1.06. The van der Waals surface area contributed by atoms with E-state index in [-0.39, 0.29) is 15.7 Å². The van der Waals surface area contributed by atoms with Gasteiger partial charge in [0.15, 0.2) is 5.11 Å². The summed E-state index contributed by atoms with van der Waals surface area (Å²) in [5, 5.41) is 3.18. The van der Waals surface area contributed by atoms with Gasteiger partial charge in [0.05, 0.1) is 15.7 Å². The van der Waals surface area contributed by atoms with Crippen molar-refractivity contribution >= 4 is 64.1 Å². The molecule has 1 aliphatic heterocycles. The Labute approximate surface area is 159 Å². The van der Waals surface area contributed by atoms with Gasteiger partial charge >= 0.3 is 0 Å². The van der Waals surface area contributed by atoms with Gasteiger partial charge in [0, 0.05) is 18.4 Å². The van der Waals surface area contributed by atoms with E-state index in [0.717, 1.165) is 11.4 Å². The zero-order valence-corrected chi connectivity index (χ0v) is 15.7. The fourth-order valence-corrected chi connectivity index (χ4v) is 3.02. The predicted molar refractivity (Wildman–Crippen MR) is 103 cm³/mol. The molecule has 0 unspecified atom stereocenters. The van der Waals surface area contributed by atoms with E-state index in [4.69, 9.17) is 35.4 Å². The number of nitrogens with zero attached hydrogens (tertiary/aromatic N) is 2. The molecular weight excluding hydrogens is 381 g/mol. The van der Waals surface area contributed by atoms with Crippen LogP contribution < -0.4 is 10.2 Å². The van der Waals surface area contributed by atoms with Crippen LogP contribution in [0.4, 0.5) is 5.69 Å². The van der Waals surface area contributed by atoms with Crippen LogP contribution in [0.15, 0.2) is 35.9 Å². The first kappa shape index (κ1) is 17.7. The molecule has 128 valence electrons. The summed E-state index contributed by atoms with van der Waals surface area (Å²) in [6.45, 7) is 1.93. The molecule has 3 rings (SSSR count). The van der Waals surface area contributed by atoms with Gasteiger partial charge in [-0.2, -0.15) is 0 Å². The molecule has 2 amide bonds. The van der Waals surface area contributed by atoms with E-state index < -0.39 is 11.8 Å². The van der Waals surface area contributed by atoms with Crippen molar-refractivity contribution in [2.75, 3.05) is 4.90 Å². The quantitative estimate of drug-likeness (QED) is 0.482. The van der Waals surface area contributed by atoms with Crippen molar-refractivity contribution < 1.29 is 9.59 Å². The van der Waals surface area contributed by atoms with Crippen LogP contribution in [0.3, 0.4) is 0 Å². The molecule has 0 bridgehead atoms. The SMILES string of the molecule is Cc1ccc(/C=C2\C(=O)NC(=S)N(c3ccc(Cl)c(Cl)c3)C2=O)n1C. The molecule has 2 heterocycles. The number of aryl methyl sites for hydroxylation is 1. The Hall–Kier alpha value is -2.15. The number of anilines is 1. The predicted octanol–water partition coefficient (Wildman–Crippen LogP) is 3.47. The fraction of sp³-hybridized carbons (Fsp3) is 0.118. The molecule has 0 spiro atoms. The molecule has 1 aromatic carbocycles. The molecule has 0 radical (unpaired) electrons. The minimum absolute atomic E-state index is 0.00593. The number of nitrogens with one attached hydrogen (secondary N) is 1. The molecule has 1 aliphatic rings. The van der Waals surface area contributed by atoms with Crippen molar-refractivity contribution in [1.29, 1.82) is 0 Å². The molecule has 1 N–H and O–H groups in total. The largest absolute Gasteiger partial charge is 0.348 e. The van der Waals surface area contributed by atoms with Crippen LogP contribution in [0.5, 0.6) is 0 Å². The van der Waals surface area contributed by atoms with Gasteiger partial charge in [-0.05, 0) is 55.5 Å². The van der Waals surface area contributed by atoms with Crippen LogP contribution in [0, 0.1) is 6.92 Å². The van der Waals surface area contributed by atoms with Crippen molar-refractivity contribution in [3.63, 3.8) is 0 Å².